The van der Waals surface area contributed by atoms with Crippen LogP contribution in [0.4, 0.5) is 5.69 Å². The lowest BCUT2D eigenvalue weighted by atomic mass is 10.2. The summed E-state index contributed by atoms with van der Waals surface area (Å²) >= 11 is 9.46. The van der Waals surface area contributed by atoms with E-state index in [4.69, 9.17) is 16.3 Å². The molecule has 104 valence electrons. The van der Waals surface area contributed by atoms with Crippen molar-refractivity contribution in [3.05, 3.63) is 62.7 Å². The van der Waals surface area contributed by atoms with Gasteiger partial charge in [-0.2, -0.15) is 0 Å². The zero-order chi connectivity index (χ0) is 14.7. The quantitative estimate of drug-likeness (QED) is 0.427. The zero-order valence-electron chi connectivity index (χ0n) is 10.6. The van der Waals surface area contributed by atoms with Crippen molar-refractivity contribution >= 4 is 33.2 Å². The summed E-state index contributed by atoms with van der Waals surface area (Å²) in [7, 11) is 0. The van der Waals surface area contributed by atoms with Gasteiger partial charge in [0.2, 0.25) is 5.75 Å². The summed E-state index contributed by atoms with van der Waals surface area (Å²) in [5, 5.41) is 12.0. The molecule has 6 heteroatoms. The standard InChI is InChI=1S/C14H11BrClNO3/c1-9-5-6-12(17(18)19)13(7-9)20-14-10(8-15)3-2-4-11(14)16/h2-7H,8H2,1H3. The zero-order valence-corrected chi connectivity index (χ0v) is 12.9. The van der Waals surface area contributed by atoms with E-state index in [0.717, 1.165) is 11.1 Å². The van der Waals surface area contributed by atoms with E-state index < -0.39 is 4.92 Å². The molecule has 0 heterocycles. The summed E-state index contributed by atoms with van der Waals surface area (Å²) in [5.41, 5.74) is 1.61. The second-order valence-electron chi connectivity index (χ2n) is 4.19. The van der Waals surface area contributed by atoms with Crippen LogP contribution >= 0.6 is 27.5 Å². The Balaban J connectivity index is 2.50. The Kier molecular flexibility index (Phi) is 4.62. The number of nitro groups is 1. The summed E-state index contributed by atoms with van der Waals surface area (Å²) in [4.78, 5) is 10.6. The van der Waals surface area contributed by atoms with E-state index in [1.54, 1.807) is 24.3 Å². The highest BCUT2D eigenvalue weighted by Crippen LogP contribution is 2.38. The molecule has 0 aliphatic heterocycles. The molecule has 2 aromatic carbocycles. The molecule has 2 aromatic rings. The monoisotopic (exact) mass is 355 g/mol. The van der Waals surface area contributed by atoms with Gasteiger partial charge in [-0.1, -0.05) is 45.7 Å². The number of aryl methyl sites for hydroxylation is 1. The number of para-hydroxylation sites is 1. The average Bonchev–Trinajstić information content (AvgIpc) is 2.40. The van der Waals surface area contributed by atoms with Crippen LogP contribution < -0.4 is 4.74 Å². The van der Waals surface area contributed by atoms with Crippen molar-refractivity contribution in [1.29, 1.82) is 0 Å². The number of halogens is 2. The largest absolute Gasteiger partial charge is 0.448 e. The molecule has 4 nitrogen and oxygen atoms in total. The fourth-order valence-corrected chi connectivity index (χ4v) is 2.41. The molecule has 0 fully saturated rings. The van der Waals surface area contributed by atoms with Crippen molar-refractivity contribution in [1.82, 2.24) is 0 Å². The van der Waals surface area contributed by atoms with Crippen LogP contribution in [-0.2, 0) is 5.33 Å². The SMILES string of the molecule is Cc1ccc([N+](=O)[O-])c(Oc2c(Cl)cccc2CBr)c1. The molecule has 0 radical (unpaired) electrons. The summed E-state index contributed by atoms with van der Waals surface area (Å²) in [6, 6.07) is 10.1. The molecule has 0 bridgehead atoms. The smallest absolute Gasteiger partial charge is 0.311 e. The molecule has 0 atom stereocenters. The maximum atomic E-state index is 11.0. The molecular formula is C14H11BrClNO3. The predicted octanol–water partition coefficient (Wildman–Crippen LogP) is 5.24. The van der Waals surface area contributed by atoms with Gasteiger partial charge in [0.25, 0.3) is 0 Å². The van der Waals surface area contributed by atoms with Crippen LogP contribution in [0, 0.1) is 17.0 Å². The van der Waals surface area contributed by atoms with Gasteiger partial charge in [0.05, 0.1) is 9.95 Å². The molecule has 20 heavy (non-hydrogen) atoms. The van der Waals surface area contributed by atoms with Crippen LogP contribution in [0.3, 0.4) is 0 Å². The van der Waals surface area contributed by atoms with Gasteiger partial charge in [-0.3, -0.25) is 10.1 Å². The van der Waals surface area contributed by atoms with Crippen molar-refractivity contribution in [3.8, 4) is 11.5 Å². The fourth-order valence-electron chi connectivity index (χ4n) is 1.74. The first-order valence-electron chi connectivity index (χ1n) is 5.79. The Labute approximate surface area is 129 Å². The molecule has 0 unspecified atom stereocenters. The second-order valence-corrected chi connectivity index (χ2v) is 5.16. The molecule has 0 aromatic heterocycles. The van der Waals surface area contributed by atoms with Gasteiger partial charge in [-0.25, -0.2) is 0 Å². The Bertz CT molecular complexity index is 661. The van der Waals surface area contributed by atoms with Crippen LogP contribution in [0.1, 0.15) is 11.1 Å². The second kappa shape index (κ2) is 6.24. The van der Waals surface area contributed by atoms with Gasteiger partial charge < -0.3 is 4.74 Å². The molecule has 0 saturated carbocycles. The van der Waals surface area contributed by atoms with E-state index >= 15 is 0 Å². The summed E-state index contributed by atoms with van der Waals surface area (Å²) in [5.74, 6) is 0.616. The Morgan fingerprint density at radius 1 is 1.35 bits per heavy atom. The molecule has 0 aliphatic rings. The van der Waals surface area contributed by atoms with Gasteiger partial charge in [0.1, 0.15) is 5.75 Å². The third-order valence-electron chi connectivity index (χ3n) is 2.72. The van der Waals surface area contributed by atoms with Gasteiger partial charge in [0.15, 0.2) is 0 Å². The van der Waals surface area contributed by atoms with Crippen molar-refractivity contribution in [2.75, 3.05) is 0 Å². The minimum atomic E-state index is -0.473. The van der Waals surface area contributed by atoms with Crippen LogP contribution in [-0.4, -0.2) is 4.92 Å². The number of hydrogen-bond acceptors (Lipinski definition) is 3. The van der Waals surface area contributed by atoms with E-state index in [1.807, 2.05) is 13.0 Å². The summed E-state index contributed by atoms with van der Waals surface area (Å²) < 4.78 is 5.70. The Morgan fingerprint density at radius 3 is 2.75 bits per heavy atom. The molecular weight excluding hydrogens is 346 g/mol. The number of hydrogen-bond donors (Lipinski definition) is 0. The lowest BCUT2D eigenvalue weighted by Gasteiger charge is -2.12. The first-order chi connectivity index (χ1) is 9.52. The van der Waals surface area contributed by atoms with Crippen molar-refractivity contribution in [2.45, 2.75) is 12.3 Å². The van der Waals surface area contributed by atoms with Crippen LogP contribution in [0.15, 0.2) is 36.4 Å². The number of nitro benzene ring substituents is 1. The first kappa shape index (κ1) is 14.8. The highest BCUT2D eigenvalue weighted by atomic mass is 79.9. The van der Waals surface area contributed by atoms with Crippen LogP contribution in [0.25, 0.3) is 0 Å². The fraction of sp³-hybridized carbons (Fsp3) is 0.143. The lowest BCUT2D eigenvalue weighted by Crippen LogP contribution is -1.96. The minimum absolute atomic E-state index is 0.0870. The highest BCUT2D eigenvalue weighted by Gasteiger charge is 2.18. The van der Waals surface area contributed by atoms with Gasteiger partial charge in [-0.15, -0.1) is 0 Å². The van der Waals surface area contributed by atoms with E-state index in [9.17, 15) is 10.1 Å². The average molecular weight is 357 g/mol. The topological polar surface area (TPSA) is 52.4 Å². The predicted molar refractivity (Wildman–Crippen MR) is 82.0 cm³/mol. The Morgan fingerprint density at radius 2 is 2.10 bits per heavy atom. The summed E-state index contributed by atoms with van der Waals surface area (Å²) in [6.45, 7) is 1.84. The normalized spacial score (nSPS) is 10.3. The third kappa shape index (κ3) is 3.11. The molecule has 0 spiro atoms. The lowest BCUT2D eigenvalue weighted by molar-refractivity contribution is -0.385. The van der Waals surface area contributed by atoms with Crippen LogP contribution in [0.2, 0.25) is 5.02 Å². The van der Waals surface area contributed by atoms with Crippen molar-refractivity contribution in [2.24, 2.45) is 0 Å². The molecule has 0 aliphatic carbocycles. The van der Waals surface area contributed by atoms with Crippen molar-refractivity contribution < 1.29 is 9.66 Å². The van der Waals surface area contributed by atoms with E-state index in [1.165, 1.54) is 6.07 Å². The van der Waals surface area contributed by atoms with Gasteiger partial charge >= 0.3 is 5.69 Å². The number of nitrogens with zero attached hydrogens (tertiary/aromatic N) is 1. The molecule has 2 rings (SSSR count). The summed E-state index contributed by atoms with van der Waals surface area (Å²) in [6.07, 6.45) is 0. The maximum absolute atomic E-state index is 11.0. The Hall–Kier alpha value is -1.59. The molecule has 0 amide bonds. The maximum Gasteiger partial charge on any atom is 0.311 e. The highest BCUT2D eigenvalue weighted by molar-refractivity contribution is 9.08. The van der Waals surface area contributed by atoms with Crippen molar-refractivity contribution in [3.63, 3.8) is 0 Å². The molecule has 0 saturated heterocycles. The van der Waals surface area contributed by atoms with E-state index in [2.05, 4.69) is 15.9 Å². The van der Waals surface area contributed by atoms with Gasteiger partial charge in [-0.05, 0) is 24.6 Å². The first-order valence-corrected chi connectivity index (χ1v) is 7.29. The third-order valence-corrected chi connectivity index (χ3v) is 3.62. The number of rotatable bonds is 4. The minimum Gasteiger partial charge on any atom is -0.448 e. The van der Waals surface area contributed by atoms with E-state index in [0.29, 0.717) is 16.1 Å². The number of benzene rings is 2. The molecule has 0 N–H and O–H groups in total. The van der Waals surface area contributed by atoms with E-state index in [-0.39, 0.29) is 11.4 Å². The van der Waals surface area contributed by atoms with Crippen LogP contribution in [0.5, 0.6) is 11.5 Å². The van der Waals surface area contributed by atoms with Gasteiger partial charge in [0, 0.05) is 17.0 Å². The number of alkyl halides is 1. The number of ether oxygens (including phenoxy) is 1.